The van der Waals surface area contributed by atoms with Crippen molar-refractivity contribution in [2.45, 2.75) is 19.9 Å². The van der Waals surface area contributed by atoms with Crippen molar-refractivity contribution >= 4 is 11.2 Å². The molecule has 8 nitrogen and oxygen atoms in total. The van der Waals surface area contributed by atoms with Crippen LogP contribution in [0.5, 0.6) is 0 Å². The van der Waals surface area contributed by atoms with Crippen molar-refractivity contribution in [1.29, 1.82) is 0 Å². The third kappa shape index (κ3) is 2.20. The number of fused-ring (bicyclic) bond motifs is 1. The van der Waals surface area contributed by atoms with Crippen molar-refractivity contribution in [3.05, 3.63) is 49.5 Å². The van der Waals surface area contributed by atoms with Crippen LogP contribution in [0.3, 0.4) is 0 Å². The van der Waals surface area contributed by atoms with Crippen molar-refractivity contribution in [2.75, 3.05) is 0 Å². The quantitative estimate of drug-likeness (QED) is 0.637. The lowest BCUT2D eigenvalue weighted by molar-refractivity contribution is 0.653. The maximum absolute atomic E-state index is 11.9. The Hall–Kier alpha value is -2.90. The van der Waals surface area contributed by atoms with Crippen molar-refractivity contribution < 1.29 is 0 Å². The maximum atomic E-state index is 11.9. The van der Waals surface area contributed by atoms with Gasteiger partial charge in [-0.15, -0.1) is 0 Å². The minimum absolute atomic E-state index is 0.221. The number of aryl methyl sites for hydroxylation is 1. The van der Waals surface area contributed by atoms with Gasteiger partial charge in [-0.1, -0.05) is 6.92 Å². The van der Waals surface area contributed by atoms with Gasteiger partial charge in [0.05, 0.1) is 0 Å². The van der Waals surface area contributed by atoms with E-state index in [1.54, 1.807) is 6.07 Å². The van der Waals surface area contributed by atoms with Crippen LogP contribution >= 0.6 is 0 Å². The normalized spacial score (nSPS) is 11.1. The fourth-order valence-electron chi connectivity index (χ4n) is 2.20. The van der Waals surface area contributed by atoms with Gasteiger partial charge in [0.2, 0.25) is 5.56 Å². The molecule has 8 heteroatoms. The van der Waals surface area contributed by atoms with Crippen LogP contribution in [-0.4, -0.2) is 24.5 Å². The molecular weight excluding hydrogens is 274 g/mol. The highest BCUT2D eigenvalue weighted by atomic mass is 16.2. The van der Waals surface area contributed by atoms with E-state index in [4.69, 9.17) is 0 Å². The number of pyridine rings is 1. The van der Waals surface area contributed by atoms with Crippen LogP contribution in [0.25, 0.3) is 22.6 Å². The lowest BCUT2D eigenvalue weighted by Gasteiger charge is -2.02. The topological polar surface area (TPSA) is 116 Å². The van der Waals surface area contributed by atoms with Gasteiger partial charge in [-0.25, -0.2) is 9.78 Å². The fourth-order valence-corrected chi connectivity index (χ4v) is 2.20. The number of imidazole rings is 1. The lowest BCUT2D eigenvalue weighted by Crippen LogP contribution is -2.30. The van der Waals surface area contributed by atoms with E-state index in [1.165, 1.54) is 16.8 Å². The molecule has 0 saturated heterocycles. The molecule has 3 aromatic heterocycles. The van der Waals surface area contributed by atoms with Crippen molar-refractivity contribution in [3.63, 3.8) is 0 Å². The van der Waals surface area contributed by atoms with Gasteiger partial charge in [-0.3, -0.25) is 19.1 Å². The van der Waals surface area contributed by atoms with Gasteiger partial charge >= 0.3 is 5.69 Å². The zero-order valence-corrected chi connectivity index (χ0v) is 11.3. The van der Waals surface area contributed by atoms with Crippen molar-refractivity contribution in [3.8, 4) is 11.4 Å². The molecule has 21 heavy (non-hydrogen) atoms. The van der Waals surface area contributed by atoms with E-state index in [2.05, 4.69) is 19.9 Å². The summed E-state index contributed by atoms with van der Waals surface area (Å²) in [6.07, 6.45) is 2.22. The summed E-state index contributed by atoms with van der Waals surface area (Å²) in [7, 11) is 0. The standard InChI is InChI=1S/C13H13N5O3/c1-2-5-18-11-9(12(20)17-13(18)21)15-10(16-11)7-3-4-14-8(19)6-7/h3-4,6H,2,5H2,1H3,(H,14,19)(H,15,16)(H,17,20,21). The Morgan fingerprint density at radius 3 is 2.76 bits per heavy atom. The molecule has 3 aromatic rings. The molecule has 0 atom stereocenters. The predicted octanol–water partition coefficient (Wildman–Crippen LogP) is 0.178. The summed E-state index contributed by atoms with van der Waals surface area (Å²) in [5.74, 6) is 0.372. The Labute approximate surface area is 117 Å². The predicted molar refractivity (Wildman–Crippen MR) is 77.3 cm³/mol. The van der Waals surface area contributed by atoms with E-state index in [1.807, 2.05) is 6.92 Å². The Kier molecular flexibility index (Phi) is 3.05. The molecule has 3 rings (SSSR count). The molecule has 0 fully saturated rings. The average Bonchev–Trinajstić information content (AvgIpc) is 2.89. The number of rotatable bonds is 3. The number of nitrogens with one attached hydrogen (secondary N) is 3. The number of aromatic nitrogens is 5. The molecule has 0 amide bonds. The molecule has 0 radical (unpaired) electrons. The zero-order valence-electron chi connectivity index (χ0n) is 11.3. The molecule has 0 aromatic carbocycles. The van der Waals surface area contributed by atoms with Crippen LogP contribution in [0.15, 0.2) is 32.7 Å². The van der Waals surface area contributed by atoms with Crippen molar-refractivity contribution in [1.82, 2.24) is 24.5 Å². The van der Waals surface area contributed by atoms with Gasteiger partial charge in [0.15, 0.2) is 5.65 Å². The SMILES string of the molecule is CCCn1c(=O)[nH]c(=O)c2[nH]c(-c3cc[nH]c(=O)c3)nc21. The van der Waals surface area contributed by atoms with Gasteiger partial charge < -0.3 is 9.97 Å². The molecule has 0 aliphatic heterocycles. The summed E-state index contributed by atoms with van der Waals surface area (Å²) in [5, 5.41) is 0. The maximum Gasteiger partial charge on any atom is 0.330 e. The van der Waals surface area contributed by atoms with E-state index < -0.39 is 11.2 Å². The van der Waals surface area contributed by atoms with Crippen LogP contribution in [0.4, 0.5) is 0 Å². The molecule has 3 heterocycles. The molecule has 0 saturated carbocycles. The number of H-pyrrole nitrogens is 3. The van der Waals surface area contributed by atoms with Crippen molar-refractivity contribution in [2.24, 2.45) is 0 Å². The number of hydrogen-bond acceptors (Lipinski definition) is 4. The van der Waals surface area contributed by atoms with E-state index in [-0.39, 0.29) is 11.1 Å². The minimum Gasteiger partial charge on any atom is -0.332 e. The Balaban J connectivity index is 2.31. The first-order chi connectivity index (χ1) is 10.1. The van der Waals surface area contributed by atoms with Crippen LogP contribution in [0, 0.1) is 0 Å². The fraction of sp³-hybridized carbons (Fsp3) is 0.231. The summed E-state index contributed by atoms with van der Waals surface area (Å²) in [5.41, 5.74) is -0.221. The summed E-state index contributed by atoms with van der Waals surface area (Å²) in [6, 6.07) is 3.03. The highest BCUT2D eigenvalue weighted by Gasteiger charge is 2.13. The summed E-state index contributed by atoms with van der Waals surface area (Å²) >= 11 is 0. The Bertz CT molecular complexity index is 976. The van der Waals surface area contributed by atoms with E-state index in [9.17, 15) is 14.4 Å². The van der Waals surface area contributed by atoms with Crippen LogP contribution < -0.4 is 16.8 Å². The number of aromatic amines is 3. The van der Waals surface area contributed by atoms with Gasteiger partial charge in [0.25, 0.3) is 5.56 Å². The van der Waals surface area contributed by atoms with Crippen LogP contribution in [-0.2, 0) is 6.54 Å². The molecule has 108 valence electrons. The molecule has 0 spiro atoms. The smallest absolute Gasteiger partial charge is 0.330 e. The molecular formula is C13H13N5O3. The number of nitrogens with zero attached hydrogens (tertiary/aromatic N) is 2. The third-order valence-corrected chi connectivity index (χ3v) is 3.13. The Morgan fingerprint density at radius 2 is 2.05 bits per heavy atom. The van der Waals surface area contributed by atoms with Gasteiger partial charge in [0.1, 0.15) is 11.3 Å². The molecule has 0 bridgehead atoms. The lowest BCUT2D eigenvalue weighted by atomic mass is 10.2. The summed E-state index contributed by atoms with van der Waals surface area (Å²) in [6.45, 7) is 2.37. The Morgan fingerprint density at radius 1 is 1.24 bits per heavy atom. The van der Waals surface area contributed by atoms with E-state index in [0.717, 1.165) is 6.42 Å². The molecule has 3 N–H and O–H groups in total. The van der Waals surface area contributed by atoms with E-state index >= 15 is 0 Å². The molecule has 0 aliphatic rings. The third-order valence-electron chi connectivity index (χ3n) is 3.13. The molecule has 0 unspecified atom stereocenters. The zero-order chi connectivity index (χ0) is 15.0. The second-order valence-corrected chi connectivity index (χ2v) is 4.64. The average molecular weight is 287 g/mol. The largest absolute Gasteiger partial charge is 0.332 e. The van der Waals surface area contributed by atoms with Crippen LogP contribution in [0.2, 0.25) is 0 Å². The second kappa shape index (κ2) is 4.89. The summed E-state index contributed by atoms with van der Waals surface area (Å²) in [4.78, 5) is 47.0. The molecule has 0 aliphatic carbocycles. The highest BCUT2D eigenvalue weighted by molar-refractivity contribution is 5.75. The minimum atomic E-state index is -0.522. The van der Waals surface area contributed by atoms with Gasteiger partial charge in [-0.05, 0) is 12.5 Å². The monoisotopic (exact) mass is 287 g/mol. The summed E-state index contributed by atoms with van der Waals surface area (Å²) < 4.78 is 1.41. The van der Waals surface area contributed by atoms with Crippen LogP contribution in [0.1, 0.15) is 13.3 Å². The van der Waals surface area contributed by atoms with Gasteiger partial charge in [-0.2, -0.15) is 0 Å². The van der Waals surface area contributed by atoms with E-state index in [0.29, 0.717) is 23.6 Å². The second-order valence-electron chi connectivity index (χ2n) is 4.64. The highest BCUT2D eigenvalue weighted by Crippen LogP contribution is 2.16. The van der Waals surface area contributed by atoms with Gasteiger partial charge in [0, 0.05) is 24.4 Å². The first-order valence-electron chi connectivity index (χ1n) is 6.52. The first-order valence-corrected chi connectivity index (χ1v) is 6.52. The number of hydrogen-bond donors (Lipinski definition) is 3. The first kappa shape index (κ1) is 13.1.